The number of halogens is 1. The molecule has 12 heteroatoms. The lowest BCUT2D eigenvalue weighted by molar-refractivity contribution is -0.118. The second-order valence-corrected chi connectivity index (χ2v) is 11.4. The summed E-state index contributed by atoms with van der Waals surface area (Å²) < 4.78 is 29.9. The van der Waals surface area contributed by atoms with E-state index in [4.69, 9.17) is 15.2 Å². The van der Waals surface area contributed by atoms with E-state index in [-0.39, 0.29) is 24.4 Å². The van der Waals surface area contributed by atoms with Gasteiger partial charge in [-0.3, -0.25) is 4.79 Å². The Balaban J connectivity index is 0.00000199. The maximum Gasteiger partial charge on any atom is 0.230 e. The molecule has 1 atom stereocenters. The van der Waals surface area contributed by atoms with Crippen LogP contribution in [0.2, 0.25) is 0 Å². The molecule has 254 valence electrons. The maximum absolute atomic E-state index is 13.5. The summed E-state index contributed by atoms with van der Waals surface area (Å²) in [6, 6.07) is 12.2. The number of hydrogen-bond acceptors (Lipinski definition) is 10. The van der Waals surface area contributed by atoms with Crippen molar-refractivity contribution in [1.82, 2.24) is 15.3 Å². The van der Waals surface area contributed by atoms with Crippen LogP contribution in [0.3, 0.4) is 0 Å². The highest BCUT2D eigenvalue weighted by Crippen LogP contribution is 2.32. The molecule has 1 unspecified atom stereocenters. The summed E-state index contributed by atoms with van der Waals surface area (Å²) in [4.78, 5) is 20.5. The topological polar surface area (TPSA) is 121 Å². The van der Waals surface area contributed by atoms with Gasteiger partial charge in [0.05, 0.1) is 12.3 Å². The van der Waals surface area contributed by atoms with Crippen LogP contribution in [0.1, 0.15) is 52.2 Å². The Morgan fingerprint density at radius 1 is 1.13 bits per heavy atom. The van der Waals surface area contributed by atoms with Crippen LogP contribution in [0.25, 0.3) is 0 Å². The number of carbonyl (C=O) groups is 1. The number of nitrogens with one attached hydrogen (secondary N) is 2. The molecule has 0 fully saturated rings. The number of methoxy groups -OCH3 is 1. The molecular formula is C34H50FN5O4S2. The molecule has 1 aromatic heterocycles. The molecule has 46 heavy (non-hydrogen) atoms. The molecule has 0 aliphatic rings. The predicted molar refractivity (Wildman–Crippen MR) is 192 cm³/mol. The Bertz CT molecular complexity index is 1350. The van der Waals surface area contributed by atoms with Gasteiger partial charge in [0.25, 0.3) is 0 Å². The van der Waals surface area contributed by atoms with Gasteiger partial charge < -0.3 is 30.6 Å². The van der Waals surface area contributed by atoms with Gasteiger partial charge in [0.2, 0.25) is 5.91 Å². The summed E-state index contributed by atoms with van der Waals surface area (Å²) in [7, 11) is 3.25. The molecule has 3 aromatic rings. The molecule has 0 saturated heterocycles. The van der Waals surface area contributed by atoms with Gasteiger partial charge in [0.1, 0.15) is 47.1 Å². The third-order valence-electron chi connectivity index (χ3n) is 6.07. The van der Waals surface area contributed by atoms with Crippen LogP contribution in [0.15, 0.2) is 65.7 Å². The number of rotatable bonds is 16. The van der Waals surface area contributed by atoms with E-state index in [0.29, 0.717) is 34.6 Å². The summed E-state index contributed by atoms with van der Waals surface area (Å²) >= 11 is 2.98. The zero-order chi connectivity index (χ0) is 34.3. The number of ether oxygens (including phenoxy) is 3. The van der Waals surface area contributed by atoms with Gasteiger partial charge in [-0.15, -0.1) is 11.8 Å². The van der Waals surface area contributed by atoms with E-state index in [1.807, 2.05) is 64.3 Å². The van der Waals surface area contributed by atoms with Crippen molar-refractivity contribution >= 4 is 46.6 Å². The molecule has 3 rings (SSSR count). The molecule has 4 N–H and O–H groups in total. The summed E-state index contributed by atoms with van der Waals surface area (Å²) in [5, 5.41) is 6.83. The minimum atomic E-state index is -0.284. The minimum Gasteiger partial charge on any atom is -0.492 e. The largest absolute Gasteiger partial charge is 0.492 e. The first-order valence-electron chi connectivity index (χ1n) is 15.3. The third kappa shape index (κ3) is 14.7. The van der Waals surface area contributed by atoms with E-state index in [0.717, 1.165) is 41.2 Å². The average molecular weight is 676 g/mol. The lowest BCUT2D eigenvalue weighted by atomic mass is 10.1. The molecule has 1 amide bonds. The molecule has 1 heterocycles. The van der Waals surface area contributed by atoms with Crippen LogP contribution >= 0.6 is 23.5 Å². The van der Waals surface area contributed by atoms with Crippen LogP contribution in [0.5, 0.6) is 5.75 Å². The van der Waals surface area contributed by atoms with Gasteiger partial charge in [-0.05, 0) is 73.6 Å². The molecular weight excluding hydrogens is 626 g/mol. The smallest absolute Gasteiger partial charge is 0.230 e. The van der Waals surface area contributed by atoms with Gasteiger partial charge in [-0.25, -0.2) is 14.4 Å². The number of nitrogen functional groups attached to an aromatic ring is 1. The molecule has 0 bridgehead atoms. The fraction of sp³-hybridized carbons (Fsp3) is 0.441. The molecule has 0 spiro atoms. The second-order valence-electron chi connectivity index (χ2n) is 9.49. The van der Waals surface area contributed by atoms with E-state index in [1.165, 1.54) is 42.0 Å². The molecule has 0 radical (unpaired) electrons. The summed E-state index contributed by atoms with van der Waals surface area (Å²) in [6.07, 6.45) is 6.70. The average Bonchev–Trinajstić information content (AvgIpc) is 3.06. The molecule has 0 saturated carbocycles. The van der Waals surface area contributed by atoms with E-state index >= 15 is 0 Å². The Kier molecular flexibility index (Phi) is 21.0. The van der Waals surface area contributed by atoms with Gasteiger partial charge in [0, 0.05) is 25.7 Å². The normalized spacial score (nSPS) is 11.3. The summed E-state index contributed by atoms with van der Waals surface area (Å²) in [5.74, 6) is 2.72. The van der Waals surface area contributed by atoms with Crippen LogP contribution in [0, 0.1) is 5.82 Å². The quantitative estimate of drug-likeness (QED) is 0.0794. The van der Waals surface area contributed by atoms with Crippen LogP contribution < -0.4 is 21.1 Å². The standard InChI is InChI=1S/C30H38FN5O3S2.C2H6O.C2H6/c1-5-21-14-23(11-12-26(21)38-16-20-9-8-10-22(31)13-20)36-29-28(32)30(35-19-34-29)41-17-25(7-3)39-24(6-2)15-33-27(37)18-40-4;1-3-2;1-2/h6,8-14,19,25H,5,7,15-18,32H2,1-4H3,(H,33,37)(H,34,35,36);1-2H3;1-2H3/b24-6-;;. The van der Waals surface area contributed by atoms with Crippen molar-refractivity contribution < 1.29 is 23.4 Å². The number of amides is 1. The minimum absolute atomic E-state index is 0.0197. The monoisotopic (exact) mass is 675 g/mol. The van der Waals surface area contributed by atoms with E-state index in [2.05, 4.69) is 32.3 Å². The van der Waals surface area contributed by atoms with Crippen molar-refractivity contribution in [3.05, 3.63) is 77.6 Å². The van der Waals surface area contributed by atoms with E-state index in [9.17, 15) is 9.18 Å². The van der Waals surface area contributed by atoms with Crippen molar-refractivity contribution in [3.63, 3.8) is 0 Å². The van der Waals surface area contributed by atoms with Gasteiger partial charge in [-0.1, -0.05) is 39.8 Å². The summed E-state index contributed by atoms with van der Waals surface area (Å²) in [5.41, 5.74) is 9.49. The maximum atomic E-state index is 13.5. The lowest BCUT2D eigenvalue weighted by Gasteiger charge is -2.20. The first-order valence-corrected chi connectivity index (χ1v) is 17.6. The van der Waals surface area contributed by atoms with E-state index in [1.54, 1.807) is 20.3 Å². The lowest BCUT2D eigenvalue weighted by Crippen LogP contribution is -2.29. The zero-order valence-electron chi connectivity index (χ0n) is 28.3. The zero-order valence-corrected chi connectivity index (χ0v) is 29.9. The second kappa shape index (κ2) is 23.8. The predicted octanol–water partition coefficient (Wildman–Crippen LogP) is 7.64. The number of aromatic nitrogens is 2. The number of nitrogens with two attached hydrogens (primary N) is 1. The number of allylic oxidation sites excluding steroid dienone is 1. The van der Waals surface area contributed by atoms with Crippen molar-refractivity contribution in [3.8, 4) is 5.75 Å². The highest BCUT2D eigenvalue weighted by Gasteiger charge is 2.16. The Hall–Kier alpha value is -3.48. The summed E-state index contributed by atoms with van der Waals surface area (Å²) in [6.45, 7) is 10.6. The molecule has 2 aromatic carbocycles. The van der Waals surface area contributed by atoms with Crippen LogP contribution in [0.4, 0.5) is 21.6 Å². The number of hydrogen-bond donors (Lipinski definition) is 3. The number of anilines is 3. The SMILES string of the molecule is C/C=C(/CNC(=O)CSC)OC(CC)CSc1ncnc(Nc2ccc(OCc3cccc(F)c3)c(CC)c2)c1N.CC.COC. The van der Waals surface area contributed by atoms with Gasteiger partial charge in [0.15, 0.2) is 5.82 Å². The first-order chi connectivity index (χ1) is 22.3. The Morgan fingerprint density at radius 3 is 2.50 bits per heavy atom. The van der Waals surface area contributed by atoms with Crippen molar-refractivity contribution in [1.29, 1.82) is 0 Å². The van der Waals surface area contributed by atoms with Crippen molar-refractivity contribution in [2.75, 3.05) is 49.6 Å². The van der Waals surface area contributed by atoms with Gasteiger partial charge in [-0.2, -0.15) is 11.8 Å². The highest BCUT2D eigenvalue weighted by atomic mass is 32.2. The fourth-order valence-corrected chi connectivity index (χ4v) is 5.18. The van der Waals surface area contributed by atoms with Crippen molar-refractivity contribution in [2.45, 2.75) is 65.2 Å². The molecule has 9 nitrogen and oxygen atoms in total. The molecule has 0 aliphatic carbocycles. The molecule has 0 aliphatic heterocycles. The number of thioether (sulfide) groups is 2. The fourth-order valence-electron chi connectivity index (χ4n) is 3.79. The van der Waals surface area contributed by atoms with Crippen LogP contribution in [-0.4, -0.2) is 60.5 Å². The highest BCUT2D eigenvalue weighted by molar-refractivity contribution is 7.99. The van der Waals surface area contributed by atoms with Crippen molar-refractivity contribution in [2.24, 2.45) is 0 Å². The Labute approximate surface area is 282 Å². The number of aryl methyl sites for hydroxylation is 1. The first kappa shape index (κ1) is 40.5. The van der Waals surface area contributed by atoms with Gasteiger partial charge >= 0.3 is 0 Å². The number of carbonyl (C=O) groups excluding carboxylic acids is 1. The number of nitrogens with zero attached hydrogens (tertiary/aromatic N) is 2. The Morgan fingerprint density at radius 2 is 1.87 bits per heavy atom. The third-order valence-corrected chi connectivity index (χ3v) is 7.76. The number of benzene rings is 2. The van der Waals surface area contributed by atoms with Crippen LogP contribution in [-0.2, 0) is 27.3 Å². The van der Waals surface area contributed by atoms with E-state index < -0.39 is 0 Å².